The molecule has 2 heterocycles. The smallest absolute Gasteiger partial charge is 0.329 e. The van der Waals surface area contributed by atoms with Gasteiger partial charge in [0.2, 0.25) is 47.3 Å². The Kier molecular flexibility index (Phi) is 21.5. The molecule has 2 bridgehead atoms. The number of hydrogen-bond acceptors (Lipinski definition) is 14. The first-order chi connectivity index (χ1) is 34.3. The number of piperidine rings is 1. The molecule has 2 saturated heterocycles. The summed E-state index contributed by atoms with van der Waals surface area (Å²) in [5, 5.41) is 54.9. The number of aliphatic hydroxyl groups excluding tert-OH is 2. The molecular formula is C51H74N8O14. The highest BCUT2D eigenvalue weighted by Gasteiger charge is 2.46. The van der Waals surface area contributed by atoms with Gasteiger partial charge in [0.05, 0.1) is 0 Å². The molecule has 402 valence electrons. The third-order valence-corrected chi connectivity index (χ3v) is 13.1. The van der Waals surface area contributed by atoms with Gasteiger partial charge in [-0.1, -0.05) is 72.2 Å². The van der Waals surface area contributed by atoms with E-state index in [1.165, 1.54) is 50.4 Å². The second-order valence-corrected chi connectivity index (χ2v) is 20.0. The summed E-state index contributed by atoms with van der Waals surface area (Å²) in [6, 6.07) is 1.22. The quantitative estimate of drug-likeness (QED) is 0.0944. The van der Waals surface area contributed by atoms with Crippen LogP contribution in [-0.2, 0) is 60.7 Å². The first-order valence-corrected chi connectivity index (χ1v) is 24.8. The van der Waals surface area contributed by atoms with E-state index in [4.69, 9.17) is 10.5 Å². The van der Waals surface area contributed by atoms with E-state index in [0.29, 0.717) is 17.5 Å². The highest BCUT2D eigenvalue weighted by atomic mass is 16.5. The number of benzene rings is 2. The maximum absolute atomic E-state index is 14.9. The second-order valence-electron chi connectivity index (χ2n) is 20.0. The van der Waals surface area contributed by atoms with Crippen LogP contribution in [0.5, 0.6) is 11.5 Å². The van der Waals surface area contributed by atoms with Crippen molar-refractivity contribution in [2.24, 2.45) is 23.5 Å². The largest absolute Gasteiger partial charge is 0.508 e. The molecule has 2 aromatic rings. The van der Waals surface area contributed by atoms with Gasteiger partial charge in [-0.3, -0.25) is 38.4 Å². The van der Waals surface area contributed by atoms with E-state index in [2.05, 4.69) is 26.6 Å². The topological polar surface area (TPSA) is 336 Å². The number of carbonyl (C=O) groups is 9. The summed E-state index contributed by atoms with van der Waals surface area (Å²) in [6.45, 7) is 11.8. The van der Waals surface area contributed by atoms with Crippen molar-refractivity contribution in [3.63, 3.8) is 0 Å². The number of carbonyl (C=O) groups excluding carboxylic acids is 9. The van der Waals surface area contributed by atoms with Crippen molar-refractivity contribution in [1.82, 2.24) is 36.4 Å². The third kappa shape index (κ3) is 16.6. The second kappa shape index (κ2) is 26.8. The molecule has 73 heavy (non-hydrogen) atoms. The van der Waals surface area contributed by atoms with Crippen molar-refractivity contribution in [3.8, 4) is 11.5 Å². The Morgan fingerprint density at radius 2 is 1.37 bits per heavy atom. The molecule has 0 spiro atoms. The molecule has 11 N–H and O–H groups in total. The number of phenolic OH excluding ortho intramolecular Hbond substituents is 2. The van der Waals surface area contributed by atoms with Crippen LogP contribution in [0.25, 0.3) is 0 Å². The Balaban J connectivity index is 1.83. The molecule has 8 amide bonds. The van der Waals surface area contributed by atoms with Crippen molar-refractivity contribution in [3.05, 3.63) is 59.7 Å². The molecule has 3 unspecified atom stereocenters. The zero-order chi connectivity index (χ0) is 54.4. The normalized spacial score (nSPS) is 25.0. The monoisotopic (exact) mass is 1020 g/mol. The molecule has 2 aliphatic rings. The zero-order valence-corrected chi connectivity index (χ0v) is 42.8. The fourth-order valence-corrected chi connectivity index (χ4v) is 8.73. The van der Waals surface area contributed by atoms with Gasteiger partial charge in [0.15, 0.2) is 0 Å². The minimum atomic E-state index is -1.85. The molecular weight excluding hydrogens is 949 g/mol. The van der Waals surface area contributed by atoms with Gasteiger partial charge >= 0.3 is 5.97 Å². The lowest BCUT2D eigenvalue weighted by molar-refractivity contribution is -0.166. The molecule has 22 heteroatoms. The number of nitrogens with two attached hydrogens (primary N) is 1. The highest BCUT2D eigenvalue weighted by molar-refractivity contribution is 5.98. The van der Waals surface area contributed by atoms with Crippen LogP contribution in [0.2, 0.25) is 0 Å². The Morgan fingerprint density at radius 1 is 0.781 bits per heavy atom. The Hall–Kier alpha value is -6.81. The van der Waals surface area contributed by atoms with Gasteiger partial charge in [0.25, 0.3) is 0 Å². The summed E-state index contributed by atoms with van der Waals surface area (Å²) in [6.07, 6.45) is -5.85. The van der Waals surface area contributed by atoms with Crippen LogP contribution in [0.4, 0.5) is 0 Å². The maximum Gasteiger partial charge on any atom is 0.329 e. The lowest BCUT2D eigenvalue weighted by Gasteiger charge is -2.43. The van der Waals surface area contributed by atoms with Crippen LogP contribution in [0.3, 0.4) is 0 Å². The minimum absolute atomic E-state index is 0.0142. The molecule has 2 aromatic carbocycles. The average Bonchev–Trinajstić information content (AvgIpc) is 3.32. The molecule has 0 aromatic heterocycles. The number of nitrogens with one attached hydrogen (secondary N) is 5. The van der Waals surface area contributed by atoms with Crippen LogP contribution in [-0.4, -0.2) is 151 Å². The third-order valence-electron chi connectivity index (χ3n) is 13.1. The van der Waals surface area contributed by atoms with Crippen LogP contribution in [0, 0.1) is 17.8 Å². The predicted molar refractivity (Wildman–Crippen MR) is 264 cm³/mol. The van der Waals surface area contributed by atoms with Gasteiger partial charge in [0.1, 0.15) is 72.2 Å². The number of aromatic hydroxyl groups is 2. The van der Waals surface area contributed by atoms with E-state index in [1.807, 2.05) is 13.8 Å². The minimum Gasteiger partial charge on any atom is -0.508 e. The van der Waals surface area contributed by atoms with Gasteiger partial charge in [-0.2, -0.15) is 0 Å². The molecule has 2 fully saturated rings. The fraction of sp³-hybridized carbons (Fsp3) is 0.588. The standard InChI is InChI=1S/C51H74N8O14/c1-9-28(6)42-51(72)73-29(7)43(57-44(65)34(18-20-40(52)63)53-47(68)39(62)25-31-12-16-33(61)17-13-31)48(69)55-36(22-26(2)3)45(66)54-35-19-21-41(64)59(49(35)70)38(23-27(4)5)50(71)58(8)37(46(67)56-42)24-30-10-14-32(60)15-11-30/h10-17,26-29,34-39,41-43,60-62,64H,9,18-25H2,1-8H3,(H2,52,63)(H,53,68)(H,54,66)(H,55,69)(H,56,67)(H,57,65)/t28-,29+,34-,35-,36?,37-,38?,39+,41+,42-,43?/m0/s1. The first kappa shape index (κ1) is 58.8. The molecule has 2 aliphatic heterocycles. The number of phenols is 2. The van der Waals surface area contributed by atoms with E-state index in [-0.39, 0.29) is 61.9 Å². The molecule has 0 saturated carbocycles. The SMILES string of the molecule is CC[C@H](C)[C@@H]1NC(=O)[C@H](Cc2ccc(O)cc2)N(C)C(=O)C(CC(C)C)N2C(=O)[C@H](CC[C@H]2O)NC(=O)C(CC(C)C)NC(=O)C(NC(=O)[C@H](CCC(N)=O)NC(=O)[C@H](O)Cc2ccc(O)cc2)[C@@H](C)OC1=O. The highest BCUT2D eigenvalue weighted by Crippen LogP contribution is 2.27. The van der Waals surface area contributed by atoms with Crippen LogP contribution < -0.4 is 32.3 Å². The number of primary amides is 1. The van der Waals surface area contributed by atoms with Crippen molar-refractivity contribution >= 4 is 53.2 Å². The van der Waals surface area contributed by atoms with E-state index in [9.17, 15) is 63.6 Å². The number of esters is 1. The van der Waals surface area contributed by atoms with E-state index < -0.39 is 133 Å². The van der Waals surface area contributed by atoms with Crippen LogP contribution in [0.1, 0.15) is 105 Å². The summed E-state index contributed by atoms with van der Waals surface area (Å²) in [7, 11) is 1.36. The summed E-state index contributed by atoms with van der Waals surface area (Å²) in [5.41, 5.74) is 6.38. The first-order valence-electron chi connectivity index (χ1n) is 24.8. The van der Waals surface area contributed by atoms with Gasteiger partial charge < -0.3 is 67.3 Å². The molecule has 0 aliphatic carbocycles. The van der Waals surface area contributed by atoms with E-state index in [0.717, 1.165) is 9.80 Å². The van der Waals surface area contributed by atoms with Gasteiger partial charge in [0, 0.05) is 26.3 Å². The summed E-state index contributed by atoms with van der Waals surface area (Å²) >= 11 is 0. The van der Waals surface area contributed by atoms with Crippen LogP contribution in [0.15, 0.2) is 48.5 Å². The average molecular weight is 1020 g/mol. The number of aliphatic hydroxyl groups is 2. The molecule has 11 atom stereocenters. The van der Waals surface area contributed by atoms with Gasteiger partial charge in [-0.05, 0) is 92.2 Å². The number of nitrogens with zero attached hydrogens (tertiary/aromatic N) is 2. The predicted octanol–water partition coefficient (Wildman–Crippen LogP) is 0.153. The van der Waals surface area contributed by atoms with Crippen molar-refractivity contribution < 1.29 is 68.3 Å². The van der Waals surface area contributed by atoms with E-state index >= 15 is 0 Å². The number of fused-ring (bicyclic) bond motifs is 2. The summed E-state index contributed by atoms with van der Waals surface area (Å²) in [5.74, 6) is -9.53. The molecule has 0 radical (unpaired) electrons. The summed E-state index contributed by atoms with van der Waals surface area (Å²) < 4.78 is 5.92. The van der Waals surface area contributed by atoms with Gasteiger partial charge in [-0.15, -0.1) is 0 Å². The van der Waals surface area contributed by atoms with Crippen molar-refractivity contribution in [2.45, 2.75) is 167 Å². The lowest BCUT2D eigenvalue weighted by atomic mass is 9.94. The maximum atomic E-state index is 14.9. The Bertz CT molecular complexity index is 2280. The number of rotatable bonds is 17. The Labute approximate surface area is 425 Å². The van der Waals surface area contributed by atoms with Crippen LogP contribution >= 0.6 is 0 Å². The van der Waals surface area contributed by atoms with Crippen molar-refractivity contribution in [1.29, 1.82) is 0 Å². The number of likely N-dealkylation sites (N-methyl/N-ethyl adjacent to an activating group) is 1. The van der Waals surface area contributed by atoms with E-state index in [1.54, 1.807) is 39.8 Å². The summed E-state index contributed by atoms with van der Waals surface area (Å²) in [4.78, 5) is 129. The zero-order valence-electron chi connectivity index (χ0n) is 42.8. The molecule has 22 nitrogen and oxygen atoms in total. The number of amides is 8. The fourth-order valence-electron chi connectivity index (χ4n) is 8.73. The lowest BCUT2D eigenvalue weighted by Crippen LogP contribution is -2.65. The van der Waals surface area contributed by atoms with Crippen molar-refractivity contribution in [2.75, 3.05) is 7.05 Å². The number of ether oxygens (including phenoxy) is 1. The number of cyclic esters (lactones) is 1. The number of hydrogen-bond donors (Lipinski definition) is 10. The van der Waals surface area contributed by atoms with Gasteiger partial charge in [-0.25, -0.2) is 4.79 Å². The Morgan fingerprint density at radius 3 is 1.93 bits per heavy atom. The molecule has 4 rings (SSSR count).